The van der Waals surface area contributed by atoms with Crippen LogP contribution in [0.3, 0.4) is 0 Å². The number of benzene rings is 2. The van der Waals surface area contributed by atoms with Crippen molar-refractivity contribution in [3.8, 4) is 26.9 Å². The quantitative estimate of drug-likeness (QED) is 0.305. The molecule has 0 fully saturated rings. The number of nitrogens with two attached hydrogens (primary N) is 1. The Kier molecular flexibility index (Phi) is 5.88. The van der Waals surface area contributed by atoms with E-state index in [9.17, 15) is 4.79 Å². The van der Waals surface area contributed by atoms with Crippen LogP contribution in [0.15, 0.2) is 53.9 Å². The van der Waals surface area contributed by atoms with E-state index in [1.807, 2.05) is 66.8 Å². The van der Waals surface area contributed by atoms with Crippen LogP contribution >= 0.6 is 22.7 Å². The molecule has 2 heterocycles. The summed E-state index contributed by atoms with van der Waals surface area (Å²) in [5.74, 6) is 0.531. The fraction of sp³-hybridized carbons (Fsp3) is 0.136. The van der Waals surface area contributed by atoms with Gasteiger partial charge in [-0.05, 0) is 36.4 Å². The normalized spacial score (nSPS) is 10.7. The Morgan fingerprint density at radius 1 is 1.10 bits per heavy atom. The molecule has 158 valence electrons. The smallest absolute Gasteiger partial charge is 0.308 e. The van der Waals surface area contributed by atoms with E-state index < -0.39 is 0 Å². The molecular formula is C22H21N5O2S2. The summed E-state index contributed by atoms with van der Waals surface area (Å²) < 4.78 is 5.31. The van der Waals surface area contributed by atoms with Crippen molar-refractivity contribution in [3.05, 3.63) is 53.9 Å². The monoisotopic (exact) mass is 451 g/mol. The number of hydrogen-bond acceptors (Lipinski definition) is 9. The average Bonchev–Trinajstić information content (AvgIpc) is 3.35. The lowest BCUT2D eigenvalue weighted by Gasteiger charge is -2.12. The molecule has 2 aromatic heterocycles. The number of rotatable bonds is 6. The highest BCUT2D eigenvalue weighted by atomic mass is 32.1. The van der Waals surface area contributed by atoms with Crippen LogP contribution in [0.25, 0.3) is 21.1 Å². The highest BCUT2D eigenvalue weighted by Crippen LogP contribution is 2.40. The molecule has 0 amide bonds. The fourth-order valence-corrected chi connectivity index (χ4v) is 4.75. The van der Waals surface area contributed by atoms with Crippen LogP contribution in [0.4, 0.5) is 22.3 Å². The number of para-hydroxylation sites is 1. The predicted molar refractivity (Wildman–Crippen MR) is 128 cm³/mol. The highest BCUT2D eigenvalue weighted by molar-refractivity contribution is 7.23. The summed E-state index contributed by atoms with van der Waals surface area (Å²) in [6.07, 6.45) is 0. The maximum absolute atomic E-state index is 11.4. The fourth-order valence-electron chi connectivity index (χ4n) is 2.93. The van der Waals surface area contributed by atoms with Crippen LogP contribution in [-0.2, 0) is 4.79 Å². The molecule has 4 aromatic rings. The molecule has 0 saturated carbocycles. The van der Waals surface area contributed by atoms with Gasteiger partial charge in [-0.2, -0.15) is 0 Å². The van der Waals surface area contributed by atoms with Crippen molar-refractivity contribution in [2.45, 2.75) is 6.92 Å². The van der Waals surface area contributed by atoms with Crippen molar-refractivity contribution in [1.29, 1.82) is 0 Å². The topological polar surface area (TPSA) is 93.4 Å². The first-order valence-electron chi connectivity index (χ1n) is 9.45. The standard InChI is InChI=1S/C22H21N5O2S2/c1-13(28)29-18-7-5-4-6-16(18)17-12-30-21(25-17)19-20(23)26-22(31-19)24-14-8-10-15(11-9-14)27(2)3/h4-12H,23H2,1-3H3,(H,24,26). The van der Waals surface area contributed by atoms with Gasteiger partial charge in [0, 0.05) is 43.3 Å². The lowest BCUT2D eigenvalue weighted by atomic mass is 10.1. The first-order chi connectivity index (χ1) is 14.9. The lowest BCUT2D eigenvalue weighted by molar-refractivity contribution is -0.131. The van der Waals surface area contributed by atoms with E-state index in [2.05, 4.69) is 10.3 Å². The van der Waals surface area contributed by atoms with E-state index in [-0.39, 0.29) is 5.97 Å². The van der Waals surface area contributed by atoms with Crippen molar-refractivity contribution >= 4 is 51.0 Å². The maximum Gasteiger partial charge on any atom is 0.308 e. The Balaban J connectivity index is 1.58. The Morgan fingerprint density at radius 2 is 1.84 bits per heavy atom. The molecule has 2 aromatic carbocycles. The van der Waals surface area contributed by atoms with Crippen LogP contribution in [0, 0.1) is 0 Å². The summed E-state index contributed by atoms with van der Waals surface area (Å²) in [6.45, 7) is 1.38. The van der Waals surface area contributed by atoms with Crippen molar-refractivity contribution < 1.29 is 9.53 Å². The maximum atomic E-state index is 11.4. The van der Waals surface area contributed by atoms with Gasteiger partial charge in [0.15, 0.2) is 5.13 Å². The van der Waals surface area contributed by atoms with Crippen molar-refractivity contribution in [1.82, 2.24) is 9.97 Å². The molecule has 0 atom stereocenters. The van der Waals surface area contributed by atoms with Crippen LogP contribution in [0.2, 0.25) is 0 Å². The van der Waals surface area contributed by atoms with Crippen LogP contribution in [-0.4, -0.2) is 30.0 Å². The number of carbonyl (C=O) groups excluding carboxylic acids is 1. The summed E-state index contributed by atoms with van der Waals surface area (Å²) in [5.41, 5.74) is 9.71. The number of carbonyl (C=O) groups is 1. The average molecular weight is 452 g/mol. The lowest BCUT2D eigenvalue weighted by Crippen LogP contribution is -2.08. The second-order valence-electron chi connectivity index (χ2n) is 6.93. The zero-order valence-corrected chi connectivity index (χ0v) is 18.9. The van der Waals surface area contributed by atoms with Gasteiger partial charge in [0.1, 0.15) is 21.5 Å². The predicted octanol–water partition coefficient (Wildman–Crippen LogP) is 5.25. The molecule has 7 nitrogen and oxygen atoms in total. The largest absolute Gasteiger partial charge is 0.426 e. The second kappa shape index (κ2) is 8.75. The van der Waals surface area contributed by atoms with Crippen molar-refractivity contribution in [2.24, 2.45) is 0 Å². The van der Waals surface area contributed by atoms with Gasteiger partial charge in [-0.15, -0.1) is 11.3 Å². The first-order valence-corrected chi connectivity index (χ1v) is 11.1. The van der Waals surface area contributed by atoms with E-state index >= 15 is 0 Å². The van der Waals surface area contributed by atoms with Gasteiger partial charge in [-0.25, -0.2) is 9.97 Å². The summed E-state index contributed by atoms with van der Waals surface area (Å²) in [7, 11) is 4.01. The minimum atomic E-state index is -0.371. The summed E-state index contributed by atoms with van der Waals surface area (Å²) >= 11 is 2.92. The Hall–Kier alpha value is -3.43. The number of nitrogen functional groups attached to an aromatic ring is 1. The zero-order valence-electron chi connectivity index (χ0n) is 17.2. The number of hydrogen-bond donors (Lipinski definition) is 2. The molecule has 0 aliphatic heterocycles. The van der Waals surface area contributed by atoms with E-state index in [1.165, 1.54) is 29.6 Å². The Bertz CT molecular complexity index is 1210. The Morgan fingerprint density at radius 3 is 2.55 bits per heavy atom. The van der Waals surface area contributed by atoms with Gasteiger partial charge in [-0.3, -0.25) is 4.79 Å². The van der Waals surface area contributed by atoms with Crippen LogP contribution in [0.5, 0.6) is 5.75 Å². The molecule has 4 rings (SSSR count). The van der Waals surface area contributed by atoms with Gasteiger partial charge in [0.05, 0.1) is 5.69 Å². The van der Waals surface area contributed by atoms with Gasteiger partial charge in [0.2, 0.25) is 0 Å². The second-order valence-corrected chi connectivity index (χ2v) is 8.78. The third-order valence-electron chi connectivity index (χ3n) is 4.40. The molecule has 3 N–H and O–H groups in total. The molecule has 0 aliphatic carbocycles. The summed E-state index contributed by atoms with van der Waals surface area (Å²) in [4.78, 5) is 23.4. The van der Waals surface area contributed by atoms with Crippen LogP contribution < -0.4 is 20.7 Å². The molecule has 0 spiro atoms. The molecular weight excluding hydrogens is 430 g/mol. The SMILES string of the molecule is CC(=O)Oc1ccccc1-c1csc(-c2sc(Nc3ccc(N(C)C)cc3)nc2N)n1. The minimum Gasteiger partial charge on any atom is -0.426 e. The Labute approximate surface area is 188 Å². The molecule has 0 unspecified atom stereocenters. The molecule has 0 aliphatic rings. The van der Waals surface area contributed by atoms with Crippen LogP contribution in [0.1, 0.15) is 6.92 Å². The summed E-state index contributed by atoms with van der Waals surface area (Å²) in [6, 6.07) is 15.4. The number of ether oxygens (including phenoxy) is 1. The van der Waals surface area contributed by atoms with E-state index in [1.54, 1.807) is 6.07 Å². The van der Waals surface area contributed by atoms with Crippen molar-refractivity contribution in [2.75, 3.05) is 30.0 Å². The highest BCUT2D eigenvalue weighted by Gasteiger charge is 2.17. The third kappa shape index (κ3) is 4.68. The number of nitrogens with one attached hydrogen (secondary N) is 1. The number of nitrogens with zero attached hydrogens (tertiary/aromatic N) is 3. The molecule has 9 heteroatoms. The third-order valence-corrected chi connectivity index (χ3v) is 6.39. The molecule has 0 bridgehead atoms. The van der Waals surface area contributed by atoms with Gasteiger partial charge >= 0.3 is 5.97 Å². The van der Waals surface area contributed by atoms with Gasteiger partial charge < -0.3 is 20.7 Å². The molecule has 0 radical (unpaired) electrons. The van der Waals surface area contributed by atoms with Gasteiger partial charge in [0.25, 0.3) is 0 Å². The van der Waals surface area contributed by atoms with Gasteiger partial charge in [-0.1, -0.05) is 23.5 Å². The zero-order chi connectivity index (χ0) is 22.0. The summed E-state index contributed by atoms with van der Waals surface area (Å²) in [5, 5.41) is 6.68. The molecule has 31 heavy (non-hydrogen) atoms. The van der Waals surface area contributed by atoms with E-state index in [4.69, 9.17) is 15.5 Å². The minimum absolute atomic E-state index is 0.371. The first kappa shape index (κ1) is 20.8. The number of aromatic nitrogens is 2. The van der Waals surface area contributed by atoms with E-state index in [0.29, 0.717) is 16.7 Å². The van der Waals surface area contributed by atoms with Crippen molar-refractivity contribution in [3.63, 3.8) is 0 Å². The molecule has 0 saturated heterocycles. The number of anilines is 4. The number of thiazole rings is 2. The van der Waals surface area contributed by atoms with E-state index in [0.717, 1.165) is 32.5 Å². The number of esters is 1.